The molecule has 1 aliphatic heterocycles. The number of fused-ring (bicyclic) bond motifs is 1. The molecule has 0 radical (unpaired) electrons. The molecule has 0 amide bonds. The molecule has 3 N–H and O–H groups in total. The highest BCUT2D eigenvalue weighted by atomic mass is 16.6. The lowest BCUT2D eigenvalue weighted by molar-refractivity contribution is -0.0511. The third-order valence-electron chi connectivity index (χ3n) is 4.19. The maximum absolute atomic E-state index is 10.2. The number of rotatable bonds is 5. The van der Waals surface area contributed by atoms with Crippen LogP contribution in [0.4, 0.5) is 5.82 Å². The van der Waals surface area contributed by atoms with Gasteiger partial charge in [0.05, 0.1) is 12.9 Å². The molecule has 1 aliphatic rings. The van der Waals surface area contributed by atoms with Gasteiger partial charge in [-0.1, -0.05) is 0 Å². The van der Waals surface area contributed by atoms with E-state index >= 15 is 0 Å². The summed E-state index contributed by atoms with van der Waals surface area (Å²) < 4.78 is 7.10. The Balaban J connectivity index is 2.02. The quantitative estimate of drug-likeness (QED) is 0.660. The van der Waals surface area contributed by atoms with Crippen LogP contribution < -0.4 is 4.90 Å². The molecule has 0 saturated carbocycles. The first-order valence-electron chi connectivity index (χ1n) is 7.67. The predicted molar refractivity (Wildman–Crippen MR) is 81.9 cm³/mol. The minimum absolute atomic E-state index is 0.374. The van der Waals surface area contributed by atoms with Crippen LogP contribution in [0, 0.1) is 0 Å². The first-order chi connectivity index (χ1) is 11.1. The van der Waals surface area contributed by atoms with Crippen molar-refractivity contribution in [2.24, 2.45) is 0 Å². The Kier molecular flexibility index (Phi) is 4.44. The van der Waals surface area contributed by atoms with E-state index in [-0.39, 0.29) is 6.61 Å². The second-order valence-corrected chi connectivity index (χ2v) is 5.42. The van der Waals surface area contributed by atoms with Gasteiger partial charge in [-0.15, -0.1) is 0 Å². The third-order valence-corrected chi connectivity index (χ3v) is 4.19. The molecule has 3 rings (SSSR count). The summed E-state index contributed by atoms with van der Waals surface area (Å²) in [6, 6.07) is 0. The molecule has 1 fully saturated rings. The van der Waals surface area contributed by atoms with Crippen LogP contribution in [-0.4, -0.2) is 72.8 Å². The third kappa shape index (κ3) is 2.55. The summed E-state index contributed by atoms with van der Waals surface area (Å²) in [5, 5.41) is 29.3. The number of aromatic nitrogens is 4. The van der Waals surface area contributed by atoms with Gasteiger partial charge < -0.3 is 25.0 Å². The van der Waals surface area contributed by atoms with Gasteiger partial charge in [-0.05, 0) is 13.8 Å². The number of hydrogen-bond acceptors (Lipinski definition) is 8. The van der Waals surface area contributed by atoms with Gasteiger partial charge in [0, 0.05) is 13.1 Å². The van der Waals surface area contributed by atoms with Gasteiger partial charge in [-0.3, -0.25) is 4.57 Å². The van der Waals surface area contributed by atoms with Crippen molar-refractivity contribution in [3.05, 3.63) is 12.7 Å². The Morgan fingerprint density at radius 3 is 2.52 bits per heavy atom. The van der Waals surface area contributed by atoms with E-state index in [4.69, 9.17) is 4.74 Å². The fourth-order valence-corrected chi connectivity index (χ4v) is 2.89. The van der Waals surface area contributed by atoms with Crippen molar-refractivity contribution in [1.82, 2.24) is 19.5 Å². The molecule has 0 aromatic carbocycles. The lowest BCUT2D eigenvalue weighted by Crippen LogP contribution is -2.33. The minimum atomic E-state index is -1.17. The van der Waals surface area contributed by atoms with Gasteiger partial charge in [0.1, 0.15) is 24.6 Å². The van der Waals surface area contributed by atoms with E-state index < -0.39 is 24.5 Å². The van der Waals surface area contributed by atoms with E-state index in [0.29, 0.717) is 17.0 Å². The van der Waals surface area contributed by atoms with Gasteiger partial charge in [-0.2, -0.15) is 0 Å². The minimum Gasteiger partial charge on any atom is -0.394 e. The number of anilines is 1. The van der Waals surface area contributed by atoms with E-state index in [9.17, 15) is 15.3 Å². The molecule has 4 atom stereocenters. The van der Waals surface area contributed by atoms with Gasteiger partial charge >= 0.3 is 0 Å². The van der Waals surface area contributed by atoms with Crippen molar-refractivity contribution in [3.8, 4) is 0 Å². The average molecular weight is 323 g/mol. The topological polar surface area (TPSA) is 117 Å². The molecule has 2 aromatic rings. The molecule has 0 unspecified atom stereocenters. The number of aliphatic hydroxyl groups is 3. The average Bonchev–Trinajstić information content (AvgIpc) is 3.11. The summed E-state index contributed by atoms with van der Waals surface area (Å²) in [5.74, 6) is 0.713. The van der Waals surface area contributed by atoms with Gasteiger partial charge in [0.15, 0.2) is 23.2 Å². The summed E-state index contributed by atoms with van der Waals surface area (Å²) in [6.07, 6.45) is -1.08. The summed E-state index contributed by atoms with van der Waals surface area (Å²) in [4.78, 5) is 14.9. The highest BCUT2D eigenvalue weighted by molar-refractivity contribution is 5.83. The number of ether oxygens (including phenoxy) is 1. The van der Waals surface area contributed by atoms with E-state index in [0.717, 1.165) is 13.1 Å². The first-order valence-corrected chi connectivity index (χ1v) is 7.67. The van der Waals surface area contributed by atoms with E-state index in [1.807, 2.05) is 13.8 Å². The highest BCUT2D eigenvalue weighted by Gasteiger charge is 2.44. The van der Waals surface area contributed by atoms with Crippen LogP contribution >= 0.6 is 0 Å². The number of aliphatic hydroxyl groups excluding tert-OH is 3. The second-order valence-electron chi connectivity index (χ2n) is 5.42. The van der Waals surface area contributed by atoms with Crippen LogP contribution in [0.15, 0.2) is 12.7 Å². The lowest BCUT2D eigenvalue weighted by Gasteiger charge is -2.20. The zero-order chi connectivity index (χ0) is 16.6. The van der Waals surface area contributed by atoms with Crippen LogP contribution in [0.25, 0.3) is 11.2 Å². The lowest BCUT2D eigenvalue weighted by atomic mass is 10.1. The standard InChI is InChI=1S/C14H21N5O4/c1-3-18(4-2)12-9-13(16-6-15-12)19(7-17-9)14-11(22)10(21)8(5-20)23-14/h6-8,10-11,14,20-22H,3-5H2,1-2H3/t8-,10-,11+,14+/m1/s1. The fourth-order valence-electron chi connectivity index (χ4n) is 2.89. The van der Waals surface area contributed by atoms with Crippen molar-refractivity contribution in [2.45, 2.75) is 38.4 Å². The molecule has 1 saturated heterocycles. The number of hydrogen-bond donors (Lipinski definition) is 3. The second kappa shape index (κ2) is 6.36. The van der Waals surface area contributed by atoms with Crippen molar-refractivity contribution < 1.29 is 20.1 Å². The molecule has 23 heavy (non-hydrogen) atoms. The Morgan fingerprint density at radius 1 is 1.17 bits per heavy atom. The SMILES string of the molecule is CCN(CC)c1ncnc2c1ncn2[C@H]1O[C@H](CO)[C@@H](O)[C@@H]1O. The van der Waals surface area contributed by atoms with Crippen LogP contribution in [0.5, 0.6) is 0 Å². The highest BCUT2D eigenvalue weighted by Crippen LogP contribution is 2.32. The summed E-state index contributed by atoms with van der Waals surface area (Å²) >= 11 is 0. The van der Waals surface area contributed by atoms with Gasteiger partial charge in [-0.25, -0.2) is 15.0 Å². The Morgan fingerprint density at radius 2 is 1.91 bits per heavy atom. The Hall–Kier alpha value is -1.81. The summed E-state index contributed by atoms with van der Waals surface area (Å²) in [5.41, 5.74) is 1.12. The maximum Gasteiger partial charge on any atom is 0.167 e. The molecular weight excluding hydrogens is 302 g/mol. The summed E-state index contributed by atoms with van der Waals surface area (Å²) in [7, 11) is 0. The zero-order valence-electron chi connectivity index (χ0n) is 13.1. The largest absolute Gasteiger partial charge is 0.394 e. The van der Waals surface area contributed by atoms with E-state index in [1.165, 1.54) is 12.7 Å². The summed E-state index contributed by atoms with van der Waals surface area (Å²) in [6.45, 7) is 5.24. The van der Waals surface area contributed by atoms with E-state index in [1.54, 1.807) is 4.57 Å². The first kappa shape index (κ1) is 16.1. The molecule has 9 heteroatoms. The van der Waals surface area contributed by atoms with Crippen LogP contribution in [-0.2, 0) is 4.74 Å². The van der Waals surface area contributed by atoms with Gasteiger partial charge in [0.2, 0.25) is 0 Å². The monoisotopic (exact) mass is 323 g/mol. The molecule has 9 nitrogen and oxygen atoms in total. The number of imidazole rings is 1. The van der Waals surface area contributed by atoms with Crippen LogP contribution in [0.1, 0.15) is 20.1 Å². The predicted octanol–water partition coefficient (Wildman–Crippen LogP) is -0.716. The maximum atomic E-state index is 10.2. The fraction of sp³-hybridized carbons (Fsp3) is 0.643. The van der Waals surface area contributed by atoms with Crippen molar-refractivity contribution in [3.63, 3.8) is 0 Å². The van der Waals surface area contributed by atoms with Gasteiger partial charge in [0.25, 0.3) is 0 Å². The molecule has 2 aromatic heterocycles. The van der Waals surface area contributed by atoms with Crippen molar-refractivity contribution >= 4 is 17.0 Å². The molecule has 0 bridgehead atoms. The Bertz CT molecular complexity index is 674. The molecule has 3 heterocycles. The molecule has 0 aliphatic carbocycles. The molecule has 0 spiro atoms. The Labute approximate surface area is 133 Å². The normalized spacial score (nSPS) is 27.7. The number of nitrogens with zero attached hydrogens (tertiary/aromatic N) is 5. The van der Waals surface area contributed by atoms with E-state index in [2.05, 4.69) is 19.9 Å². The van der Waals surface area contributed by atoms with Crippen molar-refractivity contribution in [1.29, 1.82) is 0 Å². The van der Waals surface area contributed by atoms with Crippen LogP contribution in [0.2, 0.25) is 0 Å². The van der Waals surface area contributed by atoms with Crippen LogP contribution in [0.3, 0.4) is 0 Å². The van der Waals surface area contributed by atoms with Crippen molar-refractivity contribution in [2.75, 3.05) is 24.6 Å². The zero-order valence-corrected chi connectivity index (χ0v) is 13.1. The molecular formula is C14H21N5O4. The molecule has 126 valence electrons. The smallest absolute Gasteiger partial charge is 0.167 e.